The predicted molar refractivity (Wildman–Crippen MR) is 89.6 cm³/mol. The summed E-state index contributed by atoms with van der Waals surface area (Å²) in [6.45, 7) is 2.53. The van der Waals surface area contributed by atoms with Crippen molar-refractivity contribution in [2.75, 3.05) is 19.8 Å². The Labute approximate surface area is 142 Å². The Morgan fingerprint density at radius 2 is 2.17 bits per heavy atom. The summed E-state index contributed by atoms with van der Waals surface area (Å²) in [5, 5.41) is 22.5. The fraction of sp³-hybridized carbons (Fsp3) is 0.647. The molecule has 24 heavy (non-hydrogen) atoms. The van der Waals surface area contributed by atoms with E-state index in [4.69, 9.17) is 4.74 Å². The smallest absolute Gasteiger partial charge is 0.294 e. The van der Waals surface area contributed by atoms with Crippen LogP contribution in [0.1, 0.15) is 37.3 Å². The Bertz CT molecular complexity index is 538. The number of fused-ring (bicyclic) bond motifs is 1. The number of benzene rings is 1. The molecule has 0 radical (unpaired) electrons. The highest BCUT2D eigenvalue weighted by molar-refractivity contribution is 5.41. The third-order valence-electron chi connectivity index (χ3n) is 4.23. The van der Waals surface area contributed by atoms with Crippen molar-refractivity contribution in [3.05, 3.63) is 39.4 Å². The molecule has 0 fully saturated rings. The maximum Gasteiger partial charge on any atom is 0.294 e. The molecular weight excluding hydrogens is 312 g/mol. The average Bonchev–Trinajstić information content (AvgIpc) is 2.57. The van der Waals surface area contributed by atoms with Crippen molar-refractivity contribution >= 4 is 0 Å². The number of ether oxygens (including phenoxy) is 1. The van der Waals surface area contributed by atoms with E-state index in [1.54, 1.807) is 0 Å². The molecule has 0 aliphatic heterocycles. The van der Waals surface area contributed by atoms with Crippen LogP contribution < -0.4 is 10.1 Å². The quantitative estimate of drug-likeness (QED) is 0.500. The highest BCUT2D eigenvalue weighted by atomic mass is 16.9. The van der Waals surface area contributed by atoms with E-state index in [1.807, 2.05) is 19.1 Å². The maximum absolute atomic E-state index is 10.1. The number of rotatable bonds is 10. The SMILES string of the molecule is CC(CCO[N+](=O)[O-])NCC(O)COc1cccc2c1CCCC2. The molecule has 2 atom stereocenters. The summed E-state index contributed by atoms with van der Waals surface area (Å²) in [6, 6.07) is 6.13. The minimum atomic E-state index is -0.796. The molecule has 1 aromatic carbocycles. The lowest BCUT2D eigenvalue weighted by molar-refractivity contribution is -0.757. The maximum atomic E-state index is 10.1. The van der Waals surface area contributed by atoms with Gasteiger partial charge in [-0.3, -0.25) is 0 Å². The summed E-state index contributed by atoms with van der Waals surface area (Å²) in [5.74, 6) is 0.874. The molecule has 0 aromatic heterocycles. The molecule has 0 saturated heterocycles. The van der Waals surface area contributed by atoms with Crippen molar-refractivity contribution in [2.45, 2.75) is 51.2 Å². The van der Waals surface area contributed by atoms with Crippen molar-refractivity contribution in [1.29, 1.82) is 0 Å². The van der Waals surface area contributed by atoms with Crippen LogP contribution in [0.3, 0.4) is 0 Å². The normalized spacial score (nSPS) is 16.1. The van der Waals surface area contributed by atoms with Crippen LogP contribution in [0, 0.1) is 10.1 Å². The monoisotopic (exact) mass is 338 g/mol. The van der Waals surface area contributed by atoms with Crippen LogP contribution in [0.2, 0.25) is 0 Å². The number of hydrogen-bond acceptors (Lipinski definition) is 6. The van der Waals surface area contributed by atoms with Gasteiger partial charge < -0.3 is 20.0 Å². The molecule has 7 heteroatoms. The van der Waals surface area contributed by atoms with Gasteiger partial charge in [0.2, 0.25) is 0 Å². The molecule has 0 heterocycles. The first kappa shape index (κ1) is 18.5. The average molecular weight is 338 g/mol. The van der Waals surface area contributed by atoms with Gasteiger partial charge >= 0.3 is 0 Å². The van der Waals surface area contributed by atoms with Crippen LogP contribution in [-0.4, -0.2) is 42.1 Å². The van der Waals surface area contributed by atoms with Crippen LogP contribution >= 0.6 is 0 Å². The van der Waals surface area contributed by atoms with Crippen LogP contribution in [0.4, 0.5) is 0 Å². The van der Waals surface area contributed by atoms with Gasteiger partial charge in [-0.1, -0.05) is 12.1 Å². The Hall–Kier alpha value is -1.86. The highest BCUT2D eigenvalue weighted by Gasteiger charge is 2.15. The van der Waals surface area contributed by atoms with Gasteiger partial charge in [-0.25, -0.2) is 0 Å². The molecule has 2 rings (SSSR count). The molecule has 2 N–H and O–H groups in total. The highest BCUT2D eigenvalue weighted by Crippen LogP contribution is 2.29. The van der Waals surface area contributed by atoms with Crippen LogP contribution in [-0.2, 0) is 17.7 Å². The van der Waals surface area contributed by atoms with Crippen molar-refractivity contribution in [3.63, 3.8) is 0 Å². The molecule has 0 amide bonds. The number of aliphatic hydroxyl groups excluding tert-OH is 1. The van der Waals surface area contributed by atoms with Gasteiger partial charge in [0.05, 0.1) is 6.61 Å². The number of aliphatic hydroxyl groups is 1. The van der Waals surface area contributed by atoms with Gasteiger partial charge in [-0.05, 0) is 56.2 Å². The lowest BCUT2D eigenvalue weighted by atomic mass is 9.91. The zero-order valence-electron chi connectivity index (χ0n) is 14.1. The number of nitrogens with zero attached hydrogens (tertiary/aromatic N) is 1. The largest absolute Gasteiger partial charge is 0.491 e. The fourth-order valence-corrected chi connectivity index (χ4v) is 2.87. The topological polar surface area (TPSA) is 93.9 Å². The van der Waals surface area contributed by atoms with Gasteiger partial charge in [-0.15, -0.1) is 10.1 Å². The number of aryl methyl sites for hydroxylation is 1. The molecule has 7 nitrogen and oxygen atoms in total. The van der Waals surface area contributed by atoms with Crippen molar-refractivity contribution in [2.24, 2.45) is 0 Å². The molecule has 134 valence electrons. The van der Waals surface area contributed by atoms with E-state index >= 15 is 0 Å². The summed E-state index contributed by atoms with van der Waals surface area (Å²) < 4.78 is 5.81. The summed E-state index contributed by atoms with van der Waals surface area (Å²) >= 11 is 0. The van der Waals surface area contributed by atoms with E-state index in [-0.39, 0.29) is 19.3 Å². The van der Waals surface area contributed by atoms with Crippen LogP contribution in [0.5, 0.6) is 5.75 Å². The molecule has 1 aliphatic rings. The van der Waals surface area contributed by atoms with Crippen LogP contribution in [0.15, 0.2) is 18.2 Å². The minimum Gasteiger partial charge on any atom is -0.491 e. The van der Waals surface area contributed by atoms with Crippen molar-refractivity contribution < 1.29 is 19.8 Å². The van der Waals surface area contributed by atoms with Gasteiger partial charge in [0, 0.05) is 12.6 Å². The Morgan fingerprint density at radius 3 is 2.96 bits per heavy atom. The molecule has 1 aliphatic carbocycles. The third kappa shape index (κ3) is 5.98. The van der Waals surface area contributed by atoms with E-state index in [1.165, 1.54) is 24.0 Å². The number of hydrogen-bond donors (Lipinski definition) is 2. The molecule has 2 unspecified atom stereocenters. The zero-order valence-corrected chi connectivity index (χ0v) is 14.1. The van der Waals surface area contributed by atoms with E-state index in [0.717, 1.165) is 18.6 Å². The molecular formula is C17H26N2O5. The van der Waals surface area contributed by atoms with Gasteiger partial charge in [0.1, 0.15) is 18.5 Å². The standard InChI is InChI=1S/C17H26N2O5/c1-13(9-10-24-19(21)22)18-11-15(20)12-23-17-8-4-6-14-5-2-3-7-16(14)17/h4,6,8,13,15,18,20H,2-3,5,7,9-12H2,1H3. The van der Waals surface area contributed by atoms with Gasteiger partial charge in [0.25, 0.3) is 5.09 Å². The van der Waals surface area contributed by atoms with E-state index in [9.17, 15) is 15.2 Å². The Morgan fingerprint density at radius 1 is 1.38 bits per heavy atom. The van der Waals surface area contributed by atoms with Gasteiger partial charge in [-0.2, -0.15) is 0 Å². The lowest BCUT2D eigenvalue weighted by Gasteiger charge is -2.21. The van der Waals surface area contributed by atoms with Gasteiger partial charge in [0.15, 0.2) is 0 Å². The minimum absolute atomic E-state index is 0.0177. The van der Waals surface area contributed by atoms with E-state index < -0.39 is 11.2 Å². The second kappa shape index (κ2) is 9.44. The van der Waals surface area contributed by atoms with E-state index in [2.05, 4.69) is 16.2 Å². The Balaban J connectivity index is 1.70. The first-order chi connectivity index (χ1) is 11.6. The van der Waals surface area contributed by atoms with Crippen molar-refractivity contribution in [3.8, 4) is 5.75 Å². The zero-order chi connectivity index (χ0) is 17.4. The van der Waals surface area contributed by atoms with E-state index in [0.29, 0.717) is 13.0 Å². The second-order valence-electron chi connectivity index (χ2n) is 6.22. The summed E-state index contributed by atoms with van der Waals surface area (Å²) in [7, 11) is 0. The summed E-state index contributed by atoms with van der Waals surface area (Å²) in [4.78, 5) is 14.3. The molecule has 0 bridgehead atoms. The third-order valence-corrected chi connectivity index (χ3v) is 4.23. The Kier molecular flexibility index (Phi) is 7.27. The first-order valence-corrected chi connectivity index (χ1v) is 8.48. The fourth-order valence-electron chi connectivity index (χ4n) is 2.87. The molecule has 0 spiro atoms. The predicted octanol–water partition coefficient (Wildman–Crippen LogP) is 1.88. The summed E-state index contributed by atoms with van der Waals surface area (Å²) in [6.07, 6.45) is 4.40. The molecule has 0 saturated carbocycles. The lowest BCUT2D eigenvalue weighted by Crippen LogP contribution is -2.37. The first-order valence-electron chi connectivity index (χ1n) is 8.48. The number of nitrogens with one attached hydrogen (secondary N) is 1. The molecule has 1 aromatic rings. The van der Waals surface area contributed by atoms with Crippen LogP contribution in [0.25, 0.3) is 0 Å². The second-order valence-corrected chi connectivity index (χ2v) is 6.22. The van der Waals surface area contributed by atoms with Crippen molar-refractivity contribution in [1.82, 2.24) is 5.32 Å². The summed E-state index contributed by atoms with van der Waals surface area (Å²) in [5.41, 5.74) is 2.62.